The molecule has 0 unspecified atom stereocenters. The fourth-order valence-corrected chi connectivity index (χ4v) is 2.83. The first-order valence-electron chi connectivity index (χ1n) is 6.77. The lowest BCUT2D eigenvalue weighted by Gasteiger charge is -2.22. The Balaban J connectivity index is 1.71. The third-order valence-electron chi connectivity index (χ3n) is 4.21. The summed E-state index contributed by atoms with van der Waals surface area (Å²) in [6.07, 6.45) is 2.59. The van der Waals surface area contributed by atoms with Crippen LogP contribution < -0.4 is 5.32 Å². The maximum absolute atomic E-state index is 4.50. The first kappa shape index (κ1) is 11.6. The molecule has 2 aliphatic rings. The van der Waals surface area contributed by atoms with Crippen molar-refractivity contribution >= 4 is 5.96 Å². The van der Waals surface area contributed by atoms with Crippen LogP contribution in [0.25, 0.3) is 0 Å². The van der Waals surface area contributed by atoms with Crippen LogP contribution >= 0.6 is 0 Å². The lowest BCUT2D eigenvalue weighted by Crippen LogP contribution is -2.39. The summed E-state index contributed by atoms with van der Waals surface area (Å²) < 4.78 is 0. The summed E-state index contributed by atoms with van der Waals surface area (Å²) in [5.41, 5.74) is 3.29. The Hall–Kier alpha value is -1.51. The molecular formula is C15H21N3. The predicted octanol–water partition coefficient (Wildman–Crippen LogP) is 1.92. The number of aliphatic imine (C=N–C) groups is 1. The van der Waals surface area contributed by atoms with Gasteiger partial charge >= 0.3 is 0 Å². The molecule has 0 aromatic heterocycles. The number of likely N-dealkylation sites (N-methyl/N-ethyl adjacent to an activating group) is 1. The van der Waals surface area contributed by atoms with Crippen molar-refractivity contribution in [2.24, 2.45) is 4.99 Å². The van der Waals surface area contributed by atoms with Crippen LogP contribution in [0.5, 0.6) is 0 Å². The van der Waals surface area contributed by atoms with Gasteiger partial charge in [-0.3, -0.25) is 4.99 Å². The zero-order chi connectivity index (χ0) is 12.6. The molecule has 18 heavy (non-hydrogen) atoms. The Labute approximate surface area is 109 Å². The molecule has 0 atom stereocenters. The van der Waals surface area contributed by atoms with Crippen LogP contribution in [0.3, 0.4) is 0 Å². The third-order valence-corrected chi connectivity index (χ3v) is 4.21. The van der Waals surface area contributed by atoms with Gasteiger partial charge in [0, 0.05) is 25.6 Å². The molecule has 3 heteroatoms. The Morgan fingerprint density at radius 2 is 2.11 bits per heavy atom. The number of guanidine groups is 1. The van der Waals surface area contributed by atoms with Crippen LogP contribution in [-0.2, 0) is 5.41 Å². The van der Waals surface area contributed by atoms with Crippen molar-refractivity contribution in [3.05, 3.63) is 35.4 Å². The first-order chi connectivity index (χ1) is 8.71. The van der Waals surface area contributed by atoms with E-state index in [0.29, 0.717) is 5.41 Å². The van der Waals surface area contributed by atoms with Crippen LogP contribution in [0.1, 0.15) is 24.0 Å². The van der Waals surface area contributed by atoms with Crippen LogP contribution in [0, 0.1) is 6.92 Å². The number of hydrogen-bond donors (Lipinski definition) is 1. The number of aryl methyl sites for hydroxylation is 1. The van der Waals surface area contributed by atoms with E-state index >= 15 is 0 Å². The van der Waals surface area contributed by atoms with E-state index in [0.717, 1.165) is 25.6 Å². The third kappa shape index (κ3) is 1.98. The van der Waals surface area contributed by atoms with Gasteiger partial charge in [-0.15, -0.1) is 0 Å². The topological polar surface area (TPSA) is 27.6 Å². The molecular weight excluding hydrogens is 222 g/mol. The van der Waals surface area contributed by atoms with Crippen molar-refractivity contribution in [2.75, 3.05) is 26.7 Å². The van der Waals surface area contributed by atoms with Crippen molar-refractivity contribution in [3.63, 3.8) is 0 Å². The van der Waals surface area contributed by atoms with E-state index in [1.54, 1.807) is 0 Å². The van der Waals surface area contributed by atoms with Gasteiger partial charge in [-0.05, 0) is 30.9 Å². The molecule has 0 amide bonds. The summed E-state index contributed by atoms with van der Waals surface area (Å²) in [7, 11) is 2.10. The maximum atomic E-state index is 4.50. The molecule has 1 saturated carbocycles. The van der Waals surface area contributed by atoms with Gasteiger partial charge in [0.15, 0.2) is 5.96 Å². The molecule has 0 radical (unpaired) electrons. The van der Waals surface area contributed by atoms with Gasteiger partial charge in [-0.25, -0.2) is 0 Å². The van der Waals surface area contributed by atoms with E-state index < -0.39 is 0 Å². The highest BCUT2D eigenvalue weighted by Crippen LogP contribution is 2.48. The predicted molar refractivity (Wildman–Crippen MR) is 75.0 cm³/mol. The van der Waals surface area contributed by atoms with E-state index in [1.807, 2.05) is 0 Å². The van der Waals surface area contributed by atoms with Crippen LogP contribution in [-0.4, -0.2) is 37.5 Å². The molecule has 3 rings (SSSR count). The molecule has 1 fully saturated rings. The number of hydrogen-bond acceptors (Lipinski definition) is 3. The minimum atomic E-state index is 0.358. The Morgan fingerprint density at radius 3 is 2.72 bits per heavy atom. The smallest absolute Gasteiger partial charge is 0.193 e. The quantitative estimate of drug-likeness (QED) is 0.878. The summed E-state index contributed by atoms with van der Waals surface area (Å²) in [5, 5.41) is 3.54. The Bertz CT molecular complexity index is 474. The molecule has 1 aliphatic heterocycles. The summed E-state index contributed by atoms with van der Waals surface area (Å²) in [6.45, 7) is 5.20. The lowest BCUT2D eigenvalue weighted by atomic mass is 9.92. The van der Waals surface area contributed by atoms with Gasteiger partial charge in [0.2, 0.25) is 0 Å². The zero-order valence-electron chi connectivity index (χ0n) is 11.2. The van der Waals surface area contributed by atoms with Crippen LogP contribution in [0.15, 0.2) is 29.3 Å². The van der Waals surface area contributed by atoms with Crippen molar-refractivity contribution in [2.45, 2.75) is 25.2 Å². The highest BCUT2D eigenvalue weighted by molar-refractivity contribution is 5.81. The first-order valence-corrected chi connectivity index (χ1v) is 6.77. The molecule has 1 N–H and O–H groups in total. The van der Waals surface area contributed by atoms with Gasteiger partial charge in [-0.1, -0.05) is 24.3 Å². The maximum Gasteiger partial charge on any atom is 0.193 e. The molecule has 1 aliphatic carbocycles. The number of benzene rings is 1. The van der Waals surface area contributed by atoms with Crippen molar-refractivity contribution in [1.82, 2.24) is 10.2 Å². The summed E-state index contributed by atoms with van der Waals surface area (Å²) in [6, 6.07) is 8.78. The van der Waals surface area contributed by atoms with Gasteiger partial charge < -0.3 is 10.2 Å². The van der Waals surface area contributed by atoms with Gasteiger partial charge in [0.25, 0.3) is 0 Å². The SMILES string of the molecule is Cc1ccccc1C1(CNC2=NCCN2C)CC1. The second-order valence-electron chi connectivity index (χ2n) is 5.58. The molecule has 3 nitrogen and oxygen atoms in total. The molecule has 1 heterocycles. The standard InChI is InChI=1S/C15H21N3/c1-12-5-3-4-6-13(12)15(7-8-15)11-17-14-16-9-10-18(14)2/h3-6H,7-11H2,1-2H3,(H,16,17). The largest absolute Gasteiger partial charge is 0.355 e. The number of nitrogens with zero attached hydrogens (tertiary/aromatic N) is 2. The molecule has 0 saturated heterocycles. The molecule has 1 aromatic carbocycles. The van der Waals surface area contributed by atoms with E-state index in [9.17, 15) is 0 Å². The van der Waals surface area contributed by atoms with Gasteiger partial charge in [-0.2, -0.15) is 0 Å². The minimum Gasteiger partial charge on any atom is -0.355 e. The van der Waals surface area contributed by atoms with Crippen molar-refractivity contribution in [1.29, 1.82) is 0 Å². The summed E-state index contributed by atoms with van der Waals surface area (Å²) >= 11 is 0. The van der Waals surface area contributed by atoms with E-state index in [-0.39, 0.29) is 0 Å². The second kappa shape index (κ2) is 4.30. The normalized spacial score (nSPS) is 20.8. The van der Waals surface area contributed by atoms with E-state index in [2.05, 4.69) is 53.4 Å². The fourth-order valence-electron chi connectivity index (χ4n) is 2.83. The van der Waals surface area contributed by atoms with E-state index in [4.69, 9.17) is 0 Å². The van der Waals surface area contributed by atoms with Crippen LogP contribution in [0.2, 0.25) is 0 Å². The van der Waals surface area contributed by atoms with Gasteiger partial charge in [0.1, 0.15) is 0 Å². The number of nitrogens with one attached hydrogen (secondary N) is 1. The Morgan fingerprint density at radius 1 is 1.33 bits per heavy atom. The van der Waals surface area contributed by atoms with Crippen molar-refractivity contribution < 1.29 is 0 Å². The highest BCUT2D eigenvalue weighted by atomic mass is 15.3. The number of rotatable bonds is 3. The molecule has 96 valence electrons. The average Bonchev–Trinajstić information content (AvgIpc) is 3.05. The highest BCUT2D eigenvalue weighted by Gasteiger charge is 2.45. The van der Waals surface area contributed by atoms with Crippen molar-refractivity contribution in [3.8, 4) is 0 Å². The van der Waals surface area contributed by atoms with E-state index in [1.165, 1.54) is 24.0 Å². The van der Waals surface area contributed by atoms with Gasteiger partial charge in [0.05, 0.1) is 6.54 Å². The Kier molecular flexibility index (Phi) is 2.77. The molecule has 1 aromatic rings. The summed E-state index contributed by atoms with van der Waals surface area (Å²) in [4.78, 5) is 6.70. The van der Waals surface area contributed by atoms with Crippen LogP contribution in [0.4, 0.5) is 0 Å². The average molecular weight is 243 g/mol. The minimum absolute atomic E-state index is 0.358. The fraction of sp³-hybridized carbons (Fsp3) is 0.533. The lowest BCUT2D eigenvalue weighted by molar-refractivity contribution is 0.523. The monoisotopic (exact) mass is 243 g/mol. The molecule has 0 bridgehead atoms. The zero-order valence-corrected chi connectivity index (χ0v) is 11.2. The molecule has 0 spiro atoms. The summed E-state index contributed by atoms with van der Waals surface area (Å²) in [5.74, 6) is 1.06. The second-order valence-corrected chi connectivity index (χ2v) is 5.58.